The van der Waals surface area contributed by atoms with Crippen molar-refractivity contribution in [1.29, 1.82) is 5.41 Å². The first kappa shape index (κ1) is 41.5. The minimum absolute atomic E-state index is 0.131. The molecular weight excluding hydrogens is 769 g/mol. The summed E-state index contributed by atoms with van der Waals surface area (Å²) in [5, 5.41) is 14.1. The van der Waals surface area contributed by atoms with Gasteiger partial charge in [0.05, 0.1) is 48.8 Å². The molecule has 4 aromatic rings. The van der Waals surface area contributed by atoms with Crippen LogP contribution in [0.4, 0.5) is 22.7 Å². The molecule has 17 heteroatoms. The van der Waals surface area contributed by atoms with E-state index in [0.29, 0.717) is 15.4 Å². The Hall–Kier alpha value is -2.93. The minimum Gasteiger partial charge on any atom is -0.465 e. The smallest absolute Gasteiger partial charge is 0.348 e. The molecule has 9 N–H and O–H groups in total. The number of nitrogens with one attached hydrogen (secondary N) is 3. The number of amidine groups is 1. The lowest BCUT2D eigenvalue weighted by Gasteiger charge is -2.22. The van der Waals surface area contributed by atoms with Gasteiger partial charge in [0.25, 0.3) is 0 Å². The number of carbonyl (C=O) groups is 2. The maximum atomic E-state index is 11.3. The van der Waals surface area contributed by atoms with Crippen molar-refractivity contribution in [2.24, 2.45) is 11.5 Å². The van der Waals surface area contributed by atoms with Crippen LogP contribution < -0.4 is 27.8 Å². The fourth-order valence-electron chi connectivity index (χ4n) is 4.87. The summed E-state index contributed by atoms with van der Waals surface area (Å²) >= 11 is 13.7. The first-order valence-corrected chi connectivity index (χ1v) is 21.7. The lowest BCUT2D eigenvalue weighted by molar-refractivity contribution is 0.0597. The number of anilines is 4. The molecule has 1 fully saturated rings. The molecule has 0 amide bonds. The van der Waals surface area contributed by atoms with Crippen molar-refractivity contribution in [2.45, 2.75) is 50.6 Å². The number of nitrogen functional groups attached to an aromatic ring is 2. The summed E-state index contributed by atoms with van der Waals surface area (Å²) in [5.41, 5.74) is 21.6. The molecule has 0 spiro atoms. The molecule has 0 unspecified atom stereocenters. The summed E-state index contributed by atoms with van der Waals surface area (Å²) in [5.74, 6) is 0.189. The average Bonchev–Trinajstić information content (AvgIpc) is 3.84. The van der Waals surface area contributed by atoms with Gasteiger partial charge in [0, 0.05) is 5.69 Å². The number of carbonyl (C=O) groups excluding carboxylic acids is 2. The molecule has 0 bridgehead atoms. The van der Waals surface area contributed by atoms with Crippen LogP contribution in [0.2, 0.25) is 0 Å². The third kappa shape index (κ3) is 12.1. The highest BCUT2D eigenvalue weighted by molar-refractivity contribution is 8.01. The van der Waals surface area contributed by atoms with E-state index in [4.69, 9.17) is 34.8 Å². The fourth-order valence-corrected chi connectivity index (χ4v) is 9.94. The number of benzene rings is 1. The Labute approximate surface area is 323 Å². The zero-order valence-corrected chi connectivity index (χ0v) is 34.1. The standard InChI is InChI=1S/C18H23N3S2.C8H10N2O2S3.C7H9NO2S2/c1-22-18-15(11-16(23-18)17(19)20)21-14-9-7-13(8-10-14)12-5-3-2-4-6-12;1-12-6(11)5-3-4(10-8(9)13)7(14-2)15-5;1-10-6(9)5-3-4(8)7(11-2)12-5/h7-12,21H,2-6H2,1H3,(H3,19,20);3H,1-2H3,(H3,9,10,13);3H,8H2,1-2H3. The van der Waals surface area contributed by atoms with Gasteiger partial charge >= 0.3 is 11.9 Å². The molecule has 0 saturated heterocycles. The number of esters is 2. The molecule has 0 atom stereocenters. The first-order chi connectivity index (χ1) is 23.9. The van der Waals surface area contributed by atoms with Crippen LogP contribution >= 0.6 is 81.5 Å². The second kappa shape index (κ2) is 20.8. The quantitative estimate of drug-likeness (QED) is 0.0294. The Balaban J connectivity index is 0.000000217. The van der Waals surface area contributed by atoms with Crippen molar-refractivity contribution < 1.29 is 19.1 Å². The minimum atomic E-state index is -0.355. The summed E-state index contributed by atoms with van der Waals surface area (Å²) in [6.45, 7) is 0. The van der Waals surface area contributed by atoms with Crippen molar-refractivity contribution in [2.75, 3.05) is 49.4 Å². The van der Waals surface area contributed by atoms with E-state index in [9.17, 15) is 9.59 Å². The van der Waals surface area contributed by atoms with Gasteiger partial charge in [0.15, 0.2) is 5.11 Å². The van der Waals surface area contributed by atoms with Gasteiger partial charge in [-0.1, -0.05) is 31.4 Å². The monoisotopic (exact) mass is 810 g/mol. The van der Waals surface area contributed by atoms with E-state index < -0.39 is 0 Å². The van der Waals surface area contributed by atoms with Crippen molar-refractivity contribution in [3.63, 3.8) is 0 Å². The third-order valence-electron chi connectivity index (χ3n) is 7.24. The molecule has 1 saturated carbocycles. The van der Waals surface area contributed by atoms with Crippen molar-refractivity contribution in [3.05, 3.63) is 62.7 Å². The third-order valence-corrected chi connectivity index (χ3v) is 14.2. The Morgan fingerprint density at radius 1 is 0.800 bits per heavy atom. The maximum Gasteiger partial charge on any atom is 0.348 e. The van der Waals surface area contributed by atoms with Crippen LogP contribution in [-0.2, 0) is 9.47 Å². The predicted octanol–water partition coefficient (Wildman–Crippen LogP) is 9.30. The normalized spacial score (nSPS) is 12.4. The highest BCUT2D eigenvalue weighted by Gasteiger charge is 2.17. The van der Waals surface area contributed by atoms with E-state index in [2.05, 4.69) is 44.4 Å². The van der Waals surface area contributed by atoms with Gasteiger partial charge < -0.3 is 37.3 Å². The van der Waals surface area contributed by atoms with Crippen LogP contribution in [-0.4, -0.2) is 55.9 Å². The maximum absolute atomic E-state index is 11.3. The molecule has 1 aliphatic rings. The molecule has 270 valence electrons. The van der Waals surface area contributed by atoms with Gasteiger partial charge in [0.1, 0.15) is 15.6 Å². The van der Waals surface area contributed by atoms with E-state index >= 15 is 0 Å². The van der Waals surface area contributed by atoms with Crippen LogP contribution in [0.5, 0.6) is 0 Å². The predicted molar refractivity (Wildman–Crippen MR) is 222 cm³/mol. The summed E-state index contributed by atoms with van der Waals surface area (Å²) in [6.07, 6.45) is 12.7. The molecule has 50 heavy (non-hydrogen) atoms. The van der Waals surface area contributed by atoms with E-state index in [1.54, 1.807) is 35.2 Å². The number of hydrogen-bond donors (Lipinski definition) is 6. The molecule has 0 radical (unpaired) electrons. The van der Waals surface area contributed by atoms with Crippen LogP contribution in [0.15, 0.2) is 55.1 Å². The lowest BCUT2D eigenvalue weighted by Crippen LogP contribution is -2.18. The van der Waals surface area contributed by atoms with Gasteiger partial charge in [0.2, 0.25) is 0 Å². The Kier molecular flexibility index (Phi) is 17.3. The number of thiocarbonyl (C=S) groups is 1. The van der Waals surface area contributed by atoms with E-state index in [0.717, 1.165) is 40.5 Å². The molecule has 3 heterocycles. The molecule has 10 nitrogen and oxygen atoms in total. The number of nitrogens with two attached hydrogens (primary N) is 3. The van der Waals surface area contributed by atoms with Gasteiger partial charge in [-0.2, -0.15) is 0 Å². The van der Waals surface area contributed by atoms with Crippen molar-refractivity contribution in [3.8, 4) is 0 Å². The van der Waals surface area contributed by atoms with E-state index in [1.807, 2.05) is 24.8 Å². The Bertz CT molecular complexity index is 1750. The van der Waals surface area contributed by atoms with E-state index in [1.165, 1.54) is 98.1 Å². The summed E-state index contributed by atoms with van der Waals surface area (Å²) in [6, 6.07) is 14.1. The zero-order valence-electron chi connectivity index (χ0n) is 28.4. The number of ether oxygens (including phenoxy) is 2. The average molecular weight is 811 g/mol. The van der Waals surface area contributed by atoms with Crippen LogP contribution in [0.25, 0.3) is 0 Å². The number of rotatable bonds is 10. The largest absolute Gasteiger partial charge is 0.465 e. The second-order valence-corrected chi connectivity index (χ2v) is 17.4. The second-order valence-electron chi connectivity index (χ2n) is 10.6. The topological polar surface area (TPSA) is 179 Å². The van der Waals surface area contributed by atoms with Gasteiger partial charge in [-0.25, -0.2) is 9.59 Å². The highest BCUT2D eigenvalue weighted by Crippen LogP contribution is 2.38. The number of thiophene rings is 3. The molecule has 1 aliphatic carbocycles. The van der Waals surface area contributed by atoms with Gasteiger partial charge in [-0.15, -0.1) is 69.3 Å². The zero-order chi connectivity index (χ0) is 36.8. The molecular formula is C33H42N6O4S7. The number of hydrogen-bond acceptors (Lipinski definition) is 14. The summed E-state index contributed by atoms with van der Waals surface area (Å²) < 4.78 is 12.2. The van der Waals surface area contributed by atoms with Gasteiger partial charge in [-0.05, 0) is 85.6 Å². The summed E-state index contributed by atoms with van der Waals surface area (Å²) in [4.78, 5) is 24.2. The molecule has 0 aliphatic heterocycles. The van der Waals surface area contributed by atoms with Crippen molar-refractivity contribution in [1.82, 2.24) is 0 Å². The van der Waals surface area contributed by atoms with Crippen LogP contribution in [0.3, 0.4) is 0 Å². The van der Waals surface area contributed by atoms with Gasteiger partial charge in [-0.3, -0.25) is 5.41 Å². The van der Waals surface area contributed by atoms with Crippen LogP contribution in [0.1, 0.15) is 67.8 Å². The molecule has 5 rings (SSSR count). The summed E-state index contributed by atoms with van der Waals surface area (Å²) in [7, 11) is 2.71. The molecule has 1 aromatic carbocycles. The number of methoxy groups -OCH3 is 2. The fraction of sp³-hybridized carbons (Fsp3) is 0.333. The van der Waals surface area contributed by atoms with Crippen molar-refractivity contribution >= 4 is 127 Å². The Morgan fingerprint density at radius 3 is 1.80 bits per heavy atom. The van der Waals surface area contributed by atoms with Crippen LogP contribution in [0, 0.1) is 5.41 Å². The SMILES string of the molecule is COC(=O)c1cc(N)c(SC)s1.COC(=O)c1cc(NC(N)=S)c(SC)s1.CSc1sc(C(=N)N)cc1Nc1ccc(C2CCCCC2)cc1. The van der Waals surface area contributed by atoms with E-state index in [-0.39, 0.29) is 22.9 Å². The highest BCUT2D eigenvalue weighted by atomic mass is 32.2. The lowest BCUT2D eigenvalue weighted by atomic mass is 9.84. The number of thioether (sulfide) groups is 3. The first-order valence-electron chi connectivity index (χ1n) is 15.2. The molecule has 3 aromatic heterocycles. The Morgan fingerprint density at radius 2 is 1.30 bits per heavy atom.